The molecule has 1 fully saturated rings. The molecule has 0 aliphatic carbocycles. The molecular weight excluding hydrogens is 278 g/mol. The van der Waals surface area contributed by atoms with Crippen LogP contribution in [-0.4, -0.2) is 42.8 Å². The Labute approximate surface area is 117 Å². The highest BCUT2D eigenvalue weighted by atomic mass is 35.5. The summed E-state index contributed by atoms with van der Waals surface area (Å²) in [5.74, 6) is -0.360. The van der Waals surface area contributed by atoms with Gasteiger partial charge in [-0.05, 0) is 23.8 Å². The molecule has 1 aliphatic rings. The minimum atomic E-state index is -0.360. The Morgan fingerprint density at radius 2 is 2.00 bits per heavy atom. The summed E-state index contributed by atoms with van der Waals surface area (Å²) in [5.41, 5.74) is 0.736. The highest BCUT2D eigenvalue weighted by Crippen LogP contribution is 2.24. The van der Waals surface area contributed by atoms with Crippen LogP contribution in [0.3, 0.4) is 0 Å². The van der Waals surface area contributed by atoms with Crippen LogP contribution in [0.25, 0.3) is 0 Å². The number of hydrogen-bond donors (Lipinski definition) is 2. The van der Waals surface area contributed by atoms with Crippen molar-refractivity contribution in [2.75, 3.05) is 32.8 Å². The molecule has 0 saturated carbocycles. The molecule has 102 valence electrons. The number of nitrogens with zero attached hydrogens (tertiary/aromatic N) is 1. The first-order valence-corrected chi connectivity index (χ1v) is 6.10. The van der Waals surface area contributed by atoms with Crippen LogP contribution in [0.2, 0.25) is 5.02 Å². The van der Waals surface area contributed by atoms with E-state index in [9.17, 15) is 9.50 Å². The molecular formula is C12H17Cl2FN2O. The predicted octanol–water partition coefficient (Wildman–Crippen LogP) is 1.84. The number of hydrogen-bond acceptors (Lipinski definition) is 3. The third-order valence-corrected chi connectivity index (χ3v) is 3.25. The average Bonchev–Trinajstić information content (AvgIpc) is 2.30. The maximum absolute atomic E-state index is 13.3. The molecule has 3 nitrogen and oxygen atoms in total. The first kappa shape index (κ1) is 15.7. The maximum atomic E-state index is 13.3. The van der Waals surface area contributed by atoms with Crippen molar-refractivity contribution in [2.24, 2.45) is 0 Å². The molecule has 0 unspecified atom stereocenters. The number of halogens is 3. The van der Waals surface area contributed by atoms with Crippen molar-refractivity contribution in [2.45, 2.75) is 6.04 Å². The number of aliphatic hydroxyl groups excluding tert-OH is 1. The first-order valence-electron chi connectivity index (χ1n) is 5.72. The molecule has 0 bridgehead atoms. The van der Waals surface area contributed by atoms with E-state index >= 15 is 0 Å². The summed E-state index contributed by atoms with van der Waals surface area (Å²) in [6.07, 6.45) is 0. The van der Waals surface area contributed by atoms with Gasteiger partial charge in [0.15, 0.2) is 0 Å². The van der Waals surface area contributed by atoms with Gasteiger partial charge in [0, 0.05) is 31.2 Å². The number of rotatable bonds is 3. The van der Waals surface area contributed by atoms with Crippen molar-refractivity contribution in [3.8, 4) is 0 Å². The third kappa shape index (κ3) is 3.80. The molecule has 0 aromatic heterocycles. The molecule has 2 rings (SSSR count). The molecule has 0 amide bonds. The molecule has 0 spiro atoms. The minimum absolute atomic E-state index is 0. The Hall–Kier alpha value is -0.390. The van der Waals surface area contributed by atoms with E-state index in [1.54, 1.807) is 6.07 Å². The van der Waals surface area contributed by atoms with E-state index in [1.807, 2.05) is 0 Å². The topological polar surface area (TPSA) is 35.5 Å². The van der Waals surface area contributed by atoms with E-state index in [-0.39, 0.29) is 30.9 Å². The van der Waals surface area contributed by atoms with E-state index in [1.165, 1.54) is 12.1 Å². The van der Waals surface area contributed by atoms with Gasteiger partial charge in [0.1, 0.15) is 5.82 Å². The van der Waals surface area contributed by atoms with Gasteiger partial charge in [-0.2, -0.15) is 0 Å². The highest BCUT2D eigenvalue weighted by Gasteiger charge is 2.22. The lowest BCUT2D eigenvalue weighted by molar-refractivity contribution is 0.110. The molecule has 1 heterocycles. The van der Waals surface area contributed by atoms with E-state index in [4.69, 9.17) is 11.6 Å². The Balaban J connectivity index is 0.00000162. The number of nitrogens with one attached hydrogen (secondary N) is 1. The van der Waals surface area contributed by atoms with Crippen molar-refractivity contribution < 1.29 is 9.50 Å². The number of benzene rings is 1. The standard InChI is InChI=1S/C12H16ClFN2O.ClH/c13-10-5-9(6-11(14)7-10)12(8-17)16-3-1-15-2-4-16;/h5-7,12,15,17H,1-4,8H2;1H/t12-;/m0./s1. The first-order chi connectivity index (χ1) is 8.20. The maximum Gasteiger partial charge on any atom is 0.125 e. The summed E-state index contributed by atoms with van der Waals surface area (Å²) < 4.78 is 13.3. The SMILES string of the molecule is Cl.OC[C@@H](c1cc(F)cc(Cl)c1)N1CCNCC1. The zero-order valence-electron chi connectivity index (χ0n) is 9.90. The van der Waals surface area contributed by atoms with Gasteiger partial charge in [0.25, 0.3) is 0 Å². The molecule has 1 atom stereocenters. The average molecular weight is 295 g/mol. The minimum Gasteiger partial charge on any atom is -0.394 e. The Kier molecular flexibility index (Phi) is 6.32. The fraction of sp³-hybridized carbons (Fsp3) is 0.500. The van der Waals surface area contributed by atoms with E-state index in [0.29, 0.717) is 5.02 Å². The zero-order valence-corrected chi connectivity index (χ0v) is 11.5. The van der Waals surface area contributed by atoms with Gasteiger partial charge >= 0.3 is 0 Å². The second-order valence-electron chi connectivity index (χ2n) is 4.19. The normalized spacial score (nSPS) is 18.2. The van der Waals surface area contributed by atoms with Crippen molar-refractivity contribution in [1.29, 1.82) is 0 Å². The largest absolute Gasteiger partial charge is 0.394 e. The fourth-order valence-electron chi connectivity index (χ4n) is 2.19. The van der Waals surface area contributed by atoms with Crippen LogP contribution in [0.4, 0.5) is 4.39 Å². The van der Waals surface area contributed by atoms with Gasteiger partial charge in [0.05, 0.1) is 12.6 Å². The van der Waals surface area contributed by atoms with Crippen molar-refractivity contribution >= 4 is 24.0 Å². The molecule has 2 N–H and O–H groups in total. The molecule has 1 aromatic carbocycles. The van der Waals surface area contributed by atoms with Crippen LogP contribution in [0.1, 0.15) is 11.6 Å². The van der Waals surface area contributed by atoms with Crippen LogP contribution < -0.4 is 5.32 Å². The Morgan fingerprint density at radius 1 is 1.33 bits per heavy atom. The van der Waals surface area contributed by atoms with Crippen molar-refractivity contribution in [3.05, 3.63) is 34.6 Å². The van der Waals surface area contributed by atoms with E-state index < -0.39 is 0 Å². The van der Waals surface area contributed by atoms with Crippen molar-refractivity contribution in [3.63, 3.8) is 0 Å². The van der Waals surface area contributed by atoms with Gasteiger partial charge in [-0.15, -0.1) is 12.4 Å². The molecule has 1 saturated heterocycles. The van der Waals surface area contributed by atoms with Crippen LogP contribution in [0, 0.1) is 5.82 Å². The summed E-state index contributed by atoms with van der Waals surface area (Å²) in [7, 11) is 0. The predicted molar refractivity (Wildman–Crippen MR) is 72.9 cm³/mol. The number of aliphatic hydroxyl groups is 1. The Bertz CT molecular complexity index is 366. The summed E-state index contributed by atoms with van der Waals surface area (Å²) in [6.45, 7) is 3.44. The van der Waals surface area contributed by atoms with Gasteiger partial charge in [0.2, 0.25) is 0 Å². The van der Waals surface area contributed by atoms with Gasteiger partial charge in [-0.3, -0.25) is 4.90 Å². The van der Waals surface area contributed by atoms with Crippen molar-refractivity contribution in [1.82, 2.24) is 10.2 Å². The highest BCUT2D eigenvalue weighted by molar-refractivity contribution is 6.30. The van der Waals surface area contributed by atoms with Gasteiger partial charge in [-0.1, -0.05) is 11.6 Å². The second-order valence-corrected chi connectivity index (χ2v) is 4.62. The smallest absolute Gasteiger partial charge is 0.125 e. The van der Waals surface area contributed by atoms with Gasteiger partial charge in [-0.25, -0.2) is 4.39 Å². The van der Waals surface area contributed by atoms with Crippen LogP contribution in [0.5, 0.6) is 0 Å². The zero-order chi connectivity index (χ0) is 12.3. The second kappa shape index (κ2) is 7.26. The summed E-state index contributed by atoms with van der Waals surface area (Å²) in [4.78, 5) is 2.14. The summed E-state index contributed by atoms with van der Waals surface area (Å²) >= 11 is 5.84. The lowest BCUT2D eigenvalue weighted by Gasteiger charge is -2.34. The van der Waals surface area contributed by atoms with E-state index in [2.05, 4.69) is 10.2 Å². The summed E-state index contributed by atoms with van der Waals surface area (Å²) in [6, 6.07) is 4.25. The third-order valence-electron chi connectivity index (χ3n) is 3.03. The quantitative estimate of drug-likeness (QED) is 0.893. The van der Waals surface area contributed by atoms with Crippen LogP contribution in [-0.2, 0) is 0 Å². The molecule has 0 radical (unpaired) electrons. The number of piperazine rings is 1. The van der Waals surface area contributed by atoms with Crippen LogP contribution in [0.15, 0.2) is 18.2 Å². The van der Waals surface area contributed by atoms with Crippen LogP contribution >= 0.6 is 24.0 Å². The molecule has 1 aromatic rings. The summed E-state index contributed by atoms with van der Waals surface area (Å²) in [5, 5.41) is 13.1. The molecule has 6 heteroatoms. The lowest BCUT2D eigenvalue weighted by atomic mass is 10.1. The fourth-order valence-corrected chi connectivity index (χ4v) is 2.42. The Morgan fingerprint density at radius 3 is 2.56 bits per heavy atom. The molecule has 1 aliphatic heterocycles. The monoisotopic (exact) mass is 294 g/mol. The van der Waals surface area contributed by atoms with E-state index in [0.717, 1.165) is 31.7 Å². The lowest BCUT2D eigenvalue weighted by Crippen LogP contribution is -2.46. The van der Waals surface area contributed by atoms with Gasteiger partial charge < -0.3 is 10.4 Å². The molecule has 18 heavy (non-hydrogen) atoms.